The number of phenolic OH excluding ortho intramolecular Hbond substituents is 1. The van der Waals surface area contributed by atoms with Crippen LogP contribution in [0.1, 0.15) is 35.2 Å². The molecule has 0 fully saturated rings. The van der Waals surface area contributed by atoms with Crippen molar-refractivity contribution in [1.82, 2.24) is 5.32 Å². The lowest BCUT2D eigenvalue weighted by molar-refractivity contribution is 0.460. The van der Waals surface area contributed by atoms with Crippen molar-refractivity contribution in [3.05, 3.63) is 64.7 Å². The molecule has 2 nitrogen and oxygen atoms in total. The van der Waals surface area contributed by atoms with Gasteiger partial charge >= 0.3 is 0 Å². The molecule has 0 saturated heterocycles. The van der Waals surface area contributed by atoms with Crippen molar-refractivity contribution in [3.8, 4) is 5.75 Å². The van der Waals surface area contributed by atoms with Gasteiger partial charge in [0.2, 0.25) is 0 Å². The van der Waals surface area contributed by atoms with Crippen LogP contribution in [0.15, 0.2) is 42.5 Å². The van der Waals surface area contributed by atoms with Crippen LogP contribution in [-0.4, -0.2) is 5.11 Å². The van der Waals surface area contributed by atoms with Gasteiger partial charge in [-0.05, 0) is 38.0 Å². The Morgan fingerprint density at radius 1 is 1.11 bits per heavy atom. The summed E-state index contributed by atoms with van der Waals surface area (Å²) in [5, 5.41) is 13.2. The van der Waals surface area contributed by atoms with E-state index in [1.165, 1.54) is 16.7 Å². The third-order valence-electron chi connectivity index (χ3n) is 3.48. The first kappa shape index (κ1) is 13.6. The van der Waals surface area contributed by atoms with Crippen LogP contribution in [0.2, 0.25) is 0 Å². The molecule has 0 saturated carbocycles. The summed E-state index contributed by atoms with van der Waals surface area (Å²) in [5.74, 6) is 0.350. The van der Waals surface area contributed by atoms with E-state index in [0.717, 1.165) is 5.56 Å². The molecule has 0 aliphatic carbocycles. The van der Waals surface area contributed by atoms with Crippen molar-refractivity contribution in [2.45, 2.75) is 33.4 Å². The normalized spacial score (nSPS) is 12.4. The second-order valence-corrected chi connectivity index (χ2v) is 5.09. The molecule has 2 rings (SSSR count). The Kier molecular flexibility index (Phi) is 4.23. The number of hydrogen-bond acceptors (Lipinski definition) is 2. The quantitative estimate of drug-likeness (QED) is 0.869. The molecule has 0 heterocycles. The lowest BCUT2D eigenvalue weighted by Gasteiger charge is -2.17. The summed E-state index contributed by atoms with van der Waals surface area (Å²) in [4.78, 5) is 0. The Bertz CT molecular complexity index is 563. The second-order valence-electron chi connectivity index (χ2n) is 5.09. The van der Waals surface area contributed by atoms with Crippen LogP contribution < -0.4 is 5.32 Å². The van der Waals surface area contributed by atoms with Gasteiger partial charge in [-0.2, -0.15) is 0 Å². The fraction of sp³-hybridized carbons (Fsp3) is 0.294. The fourth-order valence-electron chi connectivity index (χ4n) is 2.34. The summed E-state index contributed by atoms with van der Waals surface area (Å²) >= 11 is 0. The van der Waals surface area contributed by atoms with Crippen molar-refractivity contribution < 1.29 is 5.11 Å². The molecule has 0 aliphatic rings. The molecule has 0 spiro atoms. The Labute approximate surface area is 115 Å². The zero-order valence-electron chi connectivity index (χ0n) is 11.8. The largest absolute Gasteiger partial charge is 0.508 e. The van der Waals surface area contributed by atoms with Crippen LogP contribution in [0.25, 0.3) is 0 Å². The van der Waals surface area contributed by atoms with Gasteiger partial charge in [-0.1, -0.05) is 42.0 Å². The van der Waals surface area contributed by atoms with Crippen LogP contribution in [-0.2, 0) is 6.54 Å². The minimum atomic E-state index is 0.264. The van der Waals surface area contributed by atoms with Gasteiger partial charge in [-0.15, -0.1) is 0 Å². The van der Waals surface area contributed by atoms with Gasteiger partial charge in [0.1, 0.15) is 5.75 Å². The van der Waals surface area contributed by atoms with E-state index in [-0.39, 0.29) is 6.04 Å². The highest BCUT2D eigenvalue weighted by molar-refractivity contribution is 5.34. The first-order valence-corrected chi connectivity index (χ1v) is 6.65. The standard InChI is InChI=1S/C17H21NO/c1-12-8-9-16(13(2)10-12)14(3)18-11-15-6-4-5-7-17(15)19/h4-10,14,18-19H,11H2,1-3H3. The van der Waals surface area contributed by atoms with E-state index < -0.39 is 0 Å². The van der Waals surface area contributed by atoms with Crippen molar-refractivity contribution in [2.75, 3.05) is 0 Å². The lowest BCUT2D eigenvalue weighted by atomic mass is 10.00. The van der Waals surface area contributed by atoms with Gasteiger partial charge < -0.3 is 10.4 Å². The van der Waals surface area contributed by atoms with Gasteiger partial charge in [-0.3, -0.25) is 0 Å². The monoisotopic (exact) mass is 255 g/mol. The van der Waals surface area contributed by atoms with Gasteiger partial charge in [0, 0.05) is 18.2 Å². The predicted octanol–water partition coefficient (Wildman–Crippen LogP) is 3.86. The van der Waals surface area contributed by atoms with E-state index in [1.54, 1.807) is 6.07 Å². The highest BCUT2D eigenvalue weighted by atomic mass is 16.3. The fourth-order valence-corrected chi connectivity index (χ4v) is 2.34. The molecule has 0 amide bonds. The Morgan fingerprint density at radius 2 is 1.84 bits per heavy atom. The molecule has 2 N–H and O–H groups in total. The maximum absolute atomic E-state index is 9.74. The summed E-state index contributed by atoms with van der Waals surface area (Å²) in [6.45, 7) is 7.07. The van der Waals surface area contributed by atoms with Crippen LogP contribution >= 0.6 is 0 Å². The first-order chi connectivity index (χ1) is 9.08. The molecule has 0 aromatic heterocycles. The number of nitrogens with one attached hydrogen (secondary N) is 1. The van der Waals surface area contributed by atoms with Crippen LogP contribution in [0.3, 0.4) is 0 Å². The van der Waals surface area contributed by atoms with E-state index in [9.17, 15) is 5.11 Å². The van der Waals surface area contributed by atoms with Crippen LogP contribution in [0.4, 0.5) is 0 Å². The van der Waals surface area contributed by atoms with Crippen molar-refractivity contribution >= 4 is 0 Å². The maximum atomic E-state index is 9.74. The molecule has 19 heavy (non-hydrogen) atoms. The first-order valence-electron chi connectivity index (χ1n) is 6.65. The smallest absolute Gasteiger partial charge is 0.120 e. The Morgan fingerprint density at radius 3 is 2.53 bits per heavy atom. The minimum Gasteiger partial charge on any atom is -0.508 e. The van der Waals surface area contributed by atoms with Gasteiger partial charge in [-0.25, -0.2) is 0 Å². The summed E-state index contributed by atoms with van der Waals surface area (Å²) in [6.07, 6.45) is 0. The average molecular weight is 255 g/mol. The molecule has 2 aromatic rings. The Hall–Kier alpha value is -1.80. The molecule has 2 heteroatoms. The number of phenols is 1. The van der Waals surface area contributed by atoms with E-state index in [2.05, 4.69) is 44.3 Å². The lowest BCUT2D eigenvalue weighted by Crippen LogP contribution is -2.19. The molecule has 1 atom stereocenters. The molecule has 0 radical (unpaired) electrons. The number of aryl methyl sites for hydroxylation is 2. The van der Waals surface area contributed by atoms with Crippen molar-refractivity contribution in [3.63, 3.8) is 0 Å². The maximum Gasteiger partial charge on any atom is 0.120 e. The molecule has 2 aromatic carbocycles. The van der Waals surface area contributed by atoms with Gasteiger partial charge in [0.05, 0.1) is 0 Å². The molecular formula is C17H21NO. The average Bonchev–Trinajstić information content (AvgIpc) is 2.37. The molecular weight excluding hydrogens is 234 g/mol. The van der Waals surface area contributed by atoms with Gasteiger partial charge in [0.25, 0.3) is 0 Å². The zero-order valence-corrected chi connectivity index (χ0v) is 11.8. The van der Waals surface area contributed by atoms with Crippen molar-refractivity contribution in [1.29, 1.82) is 0 Å². The summed E-state index contributed by atoms with van der Waals surface area (Å²) in [6, 6.07) is 14.2. The van der Waals surface area contributed by atoms with Crippen LogP contribution in [0.5, 0.6) is 5.75 Å². The van der Waals surface area contributed by atoms with Crippen LogP contribution in [0, 0.1) is 13.8 Å². The topological polar surface area (TPSA) is 32.3 Å². The molecule has 100 valence electrons. The predicted molar refractivity (Wildman–Crippen MR) is 79.3 cm³/mol. The minimum absolute atomic E-state index is 0.264. The molecule has 0 bridgehead atoms. The molecule has 1 unspecified atom stereocenters. The summed E-state index contributed by atoms with van der Waals surface area (Å²) < 4.78 is 0. The third-order valence-corrected chi connectivity index (χ3v) is 3.48. The number of benzene rings is 2. The number of para-hydroxylation sites is 1. The van der Waals surface area contributed by atoms with E-state index >= 15 is 0 Å². The van der Waals surface area contributed by atoms with Gasteiger partial charge in [0.15, 0.2) is 0 Å². The third kappa shape index (κ3) is 3.36. The SMILES string of the molecule is Cc1ccc(C(C)NCc2ccccc2O)c(C)c1. The second kappa shape index (κ2) is 5.89. The number of hydrogen-bond donors (Lipinski definition) is 2. The van der Waals surface area contributed by atoms with Crippen molar-refractivity contribution in [2.24, 2.45) is 0 Å². The number of aromatic hydroxyl groups is 1. The molecule has 0 aliphatic heterocycles. The summed E-state index contributed by atoms with van der Waals surface area (Å²) in [5.41, 5.74) is 4.83. The number of rotatable bonds is 4. The highest BCUT2D eigenvalue weighted by Crippen LogP contribution is 2.21. The summed E-state index contributed by atoms with van der Waals surface area (Å²) in [7, 11) is 0. The van der Waals surface area contributed by atoms with E-state index in [4.69, 9.17) is 0 Å². The zero-order chi connectivity index (χ0) is 13.8. The van der Waals surface area contributed by atoms with E-state index in [0.29, 0.717) is 12.3 Å². The highest BCUT2D eigenvalue weighted by Gasteiger charge is 2.08. The Balaban J connectivity index is 2.05. The van der Waals surface area contributed by atoms with E-state index in [1.807, 2.05) is 18.2 Å².